The van der Waals surface area contributed by atoms with Crippen molar-refractivity contribution < 1.29 is 4.79 Å². The summed E-state index contributed by atoms with van der Waals surface area (Å²) in [5.41, 5.74) is 5.16. The topological polar surface area (TPSA) is 59.6 Å². The van der Waals surface area contributed by atoms with Crippen molar-refractivity contribution in [1.82, 2.24) is 14.0 Å². The predicted octanol–water partition coefficient (Wildman–Crippen LogP) is 6.24. The van der Waals surface area contributed by atoms with Gasteiger partial charge in [-0.1, -0.05) is 77.7 Å². The Balaban J connectivity index is 1.23. The lowest BCUT2D eigenvalue weighted by Crippen LogP contribution is -2.31. The Morgan fingerprint density at radius 1 is 0.800 bits per heavy atom. The number of nitrogens with zero attached hydrogens (tertiary/aromatic N) is 4. The van der Waals surface area contributed by atoms with E-state index < -0.39 is 0 Å². The number of rotatable bonds is 3. The summed E-state index contributed by atoms with van der Waals surface area (Å²) in [7, 11) is 0. The van der Waals surface area contributed by atoms with E-state index in [9.17, 15) is 9.59 Å². The number of amides is 1. The first kappa shape index (κ1) is 23.2. The van der Waals surface area contributed by atoms with E-state index in [1.54, 1.807) is 16.2 Å². The number of imidazole rings is 1. The molecular formula is C32H20N4O2S2. The quantitative estimate of drug-likeness (QED) is 0.259. The summed E-state index contributed by atoms with van der Waals surface area (Å²) in [4.78, 5) is 36.6. The number of hydrogen-bond donors (Lipinski definition) is 0. The van der Waals surface area contributed by atoms with Crippen LogP contribution in [0.15, 0.2) is 118 Å². The molecule has 1 aliphatic heterocycles. The van der Waals surface area contributed by atoms with Crippen molar-refractivity contribution in [2.75, 3.05) is 4.90 Å². The third-order valence-electron chi connectivity index (χ3n) is 7.24. The molecule has 0 unspecified atom stereocenters. The fourth-order valence-corrected chi connectivity index (χ4v) is 7.50. The number of hydrogen-bond acceptors (Lipinski definition) is 5. The largest absolute Gasteiger partial charge is 0.337 e. The minimum Gasteiger partial charge on any atom is -0.337 e. The molecule has 0 radical (unpaired) electrons. The highest BCUT2D eigenvalue weighted by molar-refractivity contribution is 7.99. The number of benzene rings is 4. The zero-order valence-electron chi connectivity index (χ0n) is 21.0. The number of carbonyl (C=O) groups excluding carboxylic acids is 1. The molecule has 3 aromatic heterocycles. The average Bonchev–Trinajstić information content (AvgIpc) is 3.62. The van der Waals surface area contributed by atoms with Gasteiger partial charge in [0.25, 0.3) is 11.5 Å². The van der Waals surface area contributed by atoms with Crippen LogP contribution in [0.3, 0.4) is 0 Å². The number of fused-ring (bicyclic) bond motifs is 6. The third kappa shape index (κ3) is 3.53. The van der Waals surface area contributed by atoms with Crippen molar-refractivity contribution in [1.29, 1.82) is 0 Å². The van der Waals surface area contributed by atoms with Crippen LogP contribution < -0.4 is 15.0 Å². The summed E-state index contributed by atoms with van der Waals surface area (Å²) < 4.78 is 4.27. The molecule has 0 saturated heterocycles. The van der Waals surface area contributed by atoms with Crippen LogP contribution in [0.1, 0.15) is 5.56 Å². The zero-order chi connectivity index (χ0) is 26.8. The van der Waals surface area contributed by atoms with E-state index in [1.165, 1.54) is 11.3 Å². The van der Waals surface area contributed by atoms with Crippen LogP contribution in [0, 0.1) is 0 Å². The Bertz CT molecular complexity index is 2200. The molecule has 40 heavy (non-hydrogen) atoms. The van der Waals surface area contributed by atoms with Gasteiger partial charge in [0.05, 0.1) is 26.9 Å². The molecule has 8 rings (SSSR count). The molecule has 1 aliphatic rings. The average molecular weight is 557 g/mol. The molecule has 0 atom stereocenters. The highest BCUT2D eigenvalue weighted by Gasteiger charge is 2.28. The Labute approximate surface area is 236 Å². The maximum absolute atomic E-state index is 14.0. The first-order valence-electron chi connectivity index (χ1n) is 12.8. The molecular weight excluding hydrogens is 537 g/mol. The maximum Gasteiger partial charge on any atom is 0.274 e. The fourth-order valence-electron chi connectivity index (χ4n) is 5.46. The summed E-state index contributed by atoms with van der Waals surface area (Å²) in [6, 6.07) is 31.7. The minimum atomic E-state index is -0.0827. The molecule has 0 N–H and O–H groups in total. The van der Waals surface area contributed by atoms with Gasteiger partial charge < -0.3 is 4.57 Å². The summed E-state index contributed by atoms with van der Waals surface area (Å²) in [5.74, 6) is -0.0296. The number of para-hydroxylation sites is 5. The molecule has 7 aromatic rings. The molecule has 0 fully saturated rings. The van der Waals surface area contributed by atoms with E-state index in [-0.39, 0.29) is 18.0 Å². The number of thiazole rings is 1. The predicted molar refractivity (Wildman–Crippen MR) is 162 cm³/mol. The van der Waals surface area contributed by atoms with Crippen LogP contribution in [-0.4, -0.2) is 19.9 Å². The lowest BCUT2D eigenvalue weighted by molar-refractivity contribution is -0.118. The second-order valence-corrected chi connectivity index (χ2v) is 11.7. The van der Waals surface area contributed by atoms with Gasteiger partial charge in [0.15, 0.2) is 4.96 Å². The van der Waals surface area contributed by atoms with Crippen LogP contribution in [0.4, 0.5) is 11.4 Å². The van der Waals surface area contributed by atoms with Crippen molar-refractivity contribution in [3.05, 3.63) is 124 Å². The zero-order valence-corrected chi connectivity index (χ0v) is 22.7. The molecule has 1 amide bonds. The molecule has 192 valence electrons. The molecule has 0 bridgehead atoms. The lowest BCUT2D eigenvalue weighted by atomic mass is 10.2. The van der Waals surface area contributed by atoms with Crippen molar-refractivity contribution in [2.45, 2.75) is 16.3 Å². The van der Waals surface area contributed by atoms with E-state index >= 15 is 0 Å². The van der Waals surface area contributed by atoms with E-state index in [0.717, 1.165) is 48.7 Å². The van der Waals surface area contributed by atoms with Crippen molar-refractivity contribution in [2.24, 2.45) is 0 Å². The van der Waals surface area contributed by atoms with Gasteiger partial charge in [-0.05, 0) is 48.5 Å². The van der Waals surface area contributed by atoms with E-state index in [2.05, 4.69) is 17.1 Å². The van der Waals surface area contributed by atoms with E-state index in [1.807, 2.05) is 107 Å². The molecule has 4 heterocycles. The van der Waals surface area contributed by atoms with Crippen molar-refractivity contribution in [3.63, 3.8) is 0 Å². The summed E-state index contributed by atoms with van der Waals surface area (Å²) >= 11 is 3.06. The molecule has 0 saturated carbocycles. The first-order valence-corrected chi connectivity index (χ1v) is 14.5. The van der Waals surface area contributed by atoms with Gasteiger partial charge in [0.1, 0.15) is 6.54 Å². The van der Waals surface area contributed by atoms with Gasteiger partial charge in [-0.3, -0.25) is 14.5 Å². The van der Waals surface area contributed by atoms with Gasteiger partial charge in [-0.2, -0.15) is 0 Å². The number of aromatic nitrogens is 3. The van der Waals surface area contributed by atoms with Crippen LogP contribution in [-0.2, 0) is 11.3 Å². The number of carbonyl (C=O) groups is 1. The van der Waals surface area contributed by atoms with Gasteiger partial charge in [0.2, 0.25) is 0 Å². The highest BCUT2D eigenvalue weighted by atomic mass is 32.2. The van der Waals surface area contributed by atoms with E-state index in [4.69, 9.17) is 0 Å². The van der Waals surface area contributed by atoms with Crippen LogP contribution in [0.25, 0.3) is 33.0 Å². The van der Waals surface area contributed by atoms with Crippen LogP contribution in [0.2, 0.25) is 0 Å². The molecule has 8 heteroatoms. The van der Waals surface area contributed by atoms with Crippen LogP contribution in [0.5, 0.6) is 0 Å². The Morgan fingerprint density at radius 2 is 1.45 bits per heavy atom. The monoisotopic (exact) mass is 556 g/mol. The third-order valence-corrected chi connectivity index (χ3v) is 9.34. The summed E-state index contributed by atoms with van der Waals surface area (Å²) in [5, 5.41) is 0.987. The molecule has 6 nitrogen and oxygen atoms in total. The Hall–Kier alpha value is -4.66. The smallest absolute Gasteiger partial charge is 0.274 e. The van der Waals surface area contributed by atoms with Gasteiger partial charge in [-0.25, -0.2) is 9.38 Å². The van der Waals surface area contributed by atoms with Gasteiger partial charge in [0, 0.05) is 32.5 Å². The van der Waals surface area contributed by atoms with Gasteiger partial charge >= 0.3 is 0 Å². The molecule has 0 spiro atoms. The molecule has 4 aromatic carbocycles. The summed E-state index contributed by atoms with van der Waals surface area (Å²) in [6.07, 6.45) is 3.89. The fraction of sp³-hybridized carbons (Fsp3) is 0.0312. The van der Waals surface area contributed by atoms with E-state index in [0.29, 0.717) is 9.49 Å². The highest BCUT2D eigenvalue weighted by Crippen LogP contribution is 2.48. The standard InChI is InChI=1S/C32H20N4O2S2/c37-30(35-25-13-5-7-15-27(25)39-28-16-8-6-14-26(28)35)19-34-18-20(21-9-1-3-11-23(21)34)17-29-31(38)36-24-12-4-2-10-22(24)33-32(36)40-29/h1-18H,19H2/b29-17-. The minimum absolute atomic E-state index is 0.0296. The Morgan fingerprint density at radius 3 is 2.23 bits per heavy atom. The Kier molecular flexibility index (Phi) is 5.20. The summed E-state index contributed by atoms with van der Waals surface area (Å²) in [6.45, 7) is 0.157. The second-order valence-electron chi connectivity index (χ2n) is 9.63. The number of anilines is 2. The lowest BCUT2D eigenvalue weighted by Gasteiger charge is -2.31. The van der Waals surface area contributed by atoms with Crippen molar-refractivity contribution >= 4 is 73.4 Å². The van der Waals surface area contributed by atoms with Crippen molar-refractivity contribution in [3.8, 4) is 0 Å². The maximum atomic E-state index is 14.0. The SMILES string of the molecule is O=C(Cn1cc(/C=c2\sc3nc4ccccc4n3c2=O)c2ccccc21)N1c2ccccc2Sc2ccccc21. The molecule has 0 aliphatic carbocycles. The van der Waals surface area contributed by atoms with Gasteiger partial charge in [-0.15, -0.1) is 0 Å². The normalized spacial score (nSPS) is 13.3. The second kappa shape index (κ2) is 8.94. The first-order chi connectivity index (χ1) is 19.7. The van der Waals surface area contributed by atoms with Crippen LogP contribution >= 0.6 is 23.1 Å².